The Morgan fingerprint density at radius 1 is 1.24 bits per heavy atom. The molecule has 1 saturated heterocycles. The molecule has 1 N–H and O–H groups in total. The summed E-state index contributed by atoms with van der Waals surface area (Å²) in [5, 5.41) is 3.03. The first kappa shape index (κ1) is 12.3. The summed E-state index contributed by atoms with van der Waals surface area (Å²) < 4.78 is 25.9. The van der Waals surface area contributed by atoms with Gasteiger partial charge in [-0.2, -0.15) is 0 Å². The quantitative estimate of drug-likeness (QED) is 0.779. The van der Waals surface area contributed by atoms with E-state index in [4.69, 9.17) is 11.6 Å². The maximum absolute atomic E-state index is 13.1. The Kier molecular flexibility index (Phi) is 3.59. The lowest BCUT2D eigenvalue weighted by Crippen LogP contribution is -2.46. The highest BCUT2D eigenvalue weighted by Gasteiger charge is 2.21. The fourth-order valence-corrected chi connectivity index (χ4v) is 1.96. The minimum atomic E-state index is -1.06. The number of nitrogens with one attached hydrogen (secondary N) is 1. The van der Waals surface area contributed by atoms with Crippen LogP contribution in [0.1, 0.15) is 10.4 Å². The lowest BCUT2D eigenvalue weighted by Gasteiger charge is -2.27. The van der Waals surface area contributed by atoms with Crippen LogP contribution in [0.25, 0.3) is 0 Å². The van der Waals surface area contributed by atoms with Gasteiger partial charge in [0.25, 0.3) is 5.91 Å². The molecule has 17 heavy (non-hydrogen) atoms. The van der Waals surface area contributed by atoms with E-state index in [0.29, 0.717) is 26.2 Å². The third-order valence-corrected chi connectivity index (χ3v) is 2.96. The van der Waals surface area contributed by atoms with E-state index in [2.05, 4.69) is 5.32 Å². The molecular weight excluding hydrogens is 250 g/mol. The second-order valence-corrected chi connectivity index (χ2v) is 4.20. The standard InChI is InChI=1S/C11H11ClF2N2O/c12-8-6-10(14)9(13)5-7(8)11(17)16-3-1-15-2-4-16/h5-6,15H,1-4H2. The molecule has 92 valence electrons. The number of hydrogen-bond donors (Lipinski definition) is 1. The van der Waals surface area contributed by atoms with Crippen LogP contribution >= 0.6 is 11.6 Å². The SMILES string of the molecule is O=C(c1cc(F)c(F)cc1Cl)N1CCNCC1. The van der Waals surface area contributed by atoms with Gasteiger partial charge >= 0.3 is 0 Å². The molecule has 0 bridgehead atoms. The van der Waals surface area contributed by atoms with Crippen LogP contribution in [0.4, 0.5) is 8.78 Å². The van der Waals surface area contributed by atoms with Crippen molar-refractivity contribution in [2.24, 2.45) is 0 Å². The number of piperazine rings is 1. The Labute approximate surface area is 102 Å². The molecule has 0 atom stereocenters. The molecule has 1 fully saturated rings. The van der Waals surface area contributed by atoms with E-state index in [1.54, 1.807) is 4.90 Å². The number of benzene rings is 1. The number of rotatable bonds is 1. The molecule has 6 heteroatoms. The van der Waals surface area contributed by atoms with Gasteiger partial charge in [-0.1, -0.05) is 11.6 Å². The normalized spacial score (nSPS) is 16.1. The fraction of sp³-hybridized carbons (Fsp3) is 0.364. The van der Waals surface area contributed by atoms with Crippen molar-refractivity contribution >= 4 is 17.5 Å². The average Bonchev–Trinajstić information content (AvgIpc) is 2.34. The lowest BCUT2D eigenvalue weighted by atomic mass is 10.1. The monoisotopic (exact) mass is 260 g/mol. The third kappa shape index (κ3) is 2.56. The summed E-state index contributed by atoms with van der Waals surface area (Å²) in [6.07, 6.45) is 0. The number of hydrogen-bond acceptors (Lipinski definition) is 2. The fourth-order valence-electron chi connectivity index (χ4n) is 1.72. The summed E-state index contributed by atoms with van der Waals surface area (Å²) in [4.78, 5) is 13.6. The van der Waals surface area contributed by atoms with Crippen LogP contribution in [0.2, 0.25) is 5.02 Å². The van der Waals surface area contributed by atoms with Crippen molar-refractivity contribution in [3.63, 3.8) is 0 Å². The van der Waals surface area contributed by atoms with Crippen LogP contribution in [0, 0.1) is 11.6 Å². The smallest absolute Gasteiger partial charge is 0.255 e. The van der Waals surface area contributed by atoms with Gasteiger partial charge in [0.15, 0.2) is 11.6 Å². The molecule has 0 aromatic heterocycles. The van der Waals surface area contributed by atoms with Gasteiger partial charge in [-0.05, 0) is 12.1 Å². The third-order valence-electron chi connectivity index (χ3n) is 2.64. The van der Waals surface area contributed by atoms with Crippen molar-refractivity contribution in [1.82, 2.24) is 10.2 Å². The summed E-state index contributed by atoms with van der Waals surface area (Å²) >= 11 is 5.75. The molecule has 0 unspecified atom stereocenters. The summed E-state index contributed by atoms with van der Waals surface area (Å²) in [5.41, 5.74) is 0.00691. The molecule has 1 heterocycles. The molecule has 1 aliphatic rings. The van der Waals surface area contributed by atoms with E-state index >= 15 is 0 Å². The second kappa shape index (κ2) is 4.98. The molecule has 1 aromatic carbocycles. The van der Waals surface area contributed by atoms with Gasteiger partial charge in [-0.3, -0.25) is 4.79 Å². The van der Waals surface area contributed by atoms with Gasteiger partial charge in [0.05, 0.1) is 10.6 Å². The number of halogens is 3. The topological polar surface area (TPSA) is 32.3 Å². The van der Waals surface area contributed by atoms with E-state index in [1.165, 1.54) is 0 Å². The van der Waals surface area contributed by atoms with Crippen LogP contribution in [0.15, 0.2) is 12.1 Å². The first-order valence-corrected chi connectivity index (χ1v) is 5.62. The van der Waals surface area contributed by atoms with Gasteiger partial charge in [0, 0.05) is 26.2 Å². The highest BCUT2D eigenvalue weighted by Crippen LogP contribution is 2.21. The molecule has 1 aromatic rings. The van der Waals surface area contributed by atoms with E-state index < -0.39 is 11.6 Å². The number of carbonyl (C=O) groups is 1. The zero-order valence-electron chi connectivity index (χ0n) is 8.97. The van der Waals surface area contributed by atoms with Crippen LogP contribution < -0.4 is 5.32 Å². The maximum Gasteiger partial charge on any atom is 0.255 e. The largest absolute Gasteiger partial charge is 0.336 e. The van der Waals surface area contributed by atoms with Crippen molar-refractivity contribution < 1.29 is 13.6 Å². The predicted octanol–water partition coefficient (Wildman–Crippen LogP) is 1.66. The van der Waals surface area contributed by atoms with E-state index in [1.807, 2.05) is 0 Å². The number of amides is 1. The molecule has 1 aliphatic heterocycles. The lowest BCUT2D eigenvalue weighted by molar-refractivity contribution is 0.0735. The van der Waals surface area contributed by atoms with Crippen LogP contribution in [0.3, 0.4) is 0 Å². The molecule has 2 rings (SSSR count). The Morgan fingerprint density at radius 2 is 1.82 bits per heavy atom. The molecule has 1 amide bonds. The highest BCUT2D eigenvalue weighted by molar-refractivity contribution is 6.33. The zero-order valence-corrected chi connectivity index (χ0v) is 9.73. The van der Waals surface area contributed by atoms with Gasteiger partial charge < -0.3 is 10.2 Å². The maximum atomic E-state index is 13.1. The molecule has 3 nitrogen and oxygen atoms in total. The van der Waals surface area contributed by atoms with Gasteiger partial charge in [0.2, 0.25) is 0 Å². The predicted molar refractivity (Wildman–Crippen MR) is 60.1 cm³/mol. The van der Waals surface area contributed by atoms with Gasteiger partial charge in [0.1, 0.15) is 0 Å². The van der Waals surface area contributed by atoms with E-state index in [0.717, 1.165) is 12.1 Å². The van der Waals surface area contributed by atoms with Crippen molar-refractivity contribution in [3.8, 4) is 0 Å². The zero-order chi connectivity index (χ0) is 12.4. The number of nitrogens with zero attached hydrogens (tertiary/aromatic N) is 1. The van der Waals surface area contributed by atoms with E-state index in [9.17, 15) is 13.6 Å². The summed E-state index contributed by atoms with van der Waals surface area (Å²) in [6, 6.07) is 1.67. The second-order valence-electron chi connectivity index (χ2n) is 3.79. The number of carbonyl (C=O) groups excluding carboxylic acids is 1. The van der Waals surface area contributed by atoms with Crippen molar-refractivity contribution in [2.45, 2.75) is 0 Å². The molecule has 0 saturated carbocycles. The first-order chi connectivity index (χ1) is 8.09. The van der Waals surface area contributed by atoms with Crippen molar-refractivity contribution in [1.29, 1.82) is 0 Å². The first-order valence-electron chi connectivity index (χ1n) is 5.24. The Bertz CT molecular complexity index is 447. The molecule has 0 radical (unpaired) electrons. The van der Waals surface area contributed by atoms with Crippen LogP contribution in [-0.2, 0) is 0 Å². The Hall–Kier alpha value is -1.20. The minimum Gasteiger partial charge on any atom is -0.336 e. The molecule has 0 spiro atoms. The Morgan fingerprint density at radius 3 is 2.47 bits per heavy atom. The van der Waals surface area contributed by atoms with Gasteiger partial charge in [-0.25, -0.2) is 8.78 Å². The Balaban J connectivity index is 2.26. The van der Waals surface area contributed by atoms with Crippen molar-refractivity contribution in [2.75, 3.05) is 26.2 Å². The highest BCUT2D eigenvalue weighted by atomic mass is 35.5. The molecule has 0 aliphatic carbocycles. The van der Waals surface area contributed by atoms with Crippen molar-refractivity contribution in [3.05, 3.63) is 34.4 Å². The molecular formula is C11H11ClF2N2O. The van der Waals surface area contributed by atoms with Gasteiger partial charge in [-0.15, -0.1) is 0 Å². The summed E-state index contributed by atoms with van der Waals surface area (Å²) in [5.74, 6) is -2.48. The van der Waals surface area contributed by atoms with Crippen LogP contribution in [0.5, 0.6) is 0 Å². The minimum absolute atomic E-state index is 0.00691. The summed E-state index contributed by atoms with van der Waals surface area (Å²) in [7, 11) is 0. The van der Waals surface area contributed by atoms with E-state index in [-0.39, 0.29) is 16.5 Å². The summed E-state index contributed by atoms with van der Waals surface area (Å²) in [6.45, 7) is 2.45. The van der Waals surface area contributed by atoms with Crippen LogP contribution in [-0.4, -0.2) is 37.0 Å². The average molecular weight is 261 g/mol.